The van der Waals surface area contributed by atoms with Crippen molar-refractivity contribution in [2.45, 2.75) is 32.5 Å². The first-order valence-corrected chi connectivity index (χ1v) is 11.2. The Morgan fingerprint density at radius 2 is 1.88 bits per heavy atom. The van der Waals surface area contributed by atoms with Crippen LogP contribution in [0.2, 0.25) is 5.02 Å². The van der Waals surface area contributed by atoms with Crippen molar-refractivity contribution in [1.82, 2.24) is 14.7 Å². The lowest BCUT2D eigenvalue weighted by molar-refractivity contribution is -0.274. The van der Waals surface area contributed by atoms with Gasteiger partial charge in [0.25, 0.3) is 5.91 Å². The Kier molecular flexibility index (Phi) is 6.69. The minimum absolute atomic E-state index is 0.177. The van der Waals surface area contributed by atoms with Crippen LogP contribution in [0.3, 0.4) is 0 Å². The van der Waals surface area contributed by atoms with E-state index in [-0.39, 0.29) is 11.7 Å². The highest BCUT2D eigenvalue weighted by molar-refractivity contribution is 6.30. The van der Waals surface area contributed by atoms with Crippen molar-refractivity contribution >= 4 is 28.8 Å². The van der Waals surface area contributed by atoms with Gasteiger partial charge >= 0.3 is 6.36 Å². The van der Waals surface area contributed by atoms with Gasteiger partial charge < -0.3 is 15.0 Å². The molecule has 2 aromatic heterocycles. The maximum atomic E-state index is 13.0. The lowest BCUT2D eigenvalue weighted by atomic mass is 9.96. The molecular formula is C23H24ClF3N4O2. The molecule has 1 N–H and O–H groups in total. The van der Waals surface area contributed by atoms with Crippen molar-refractivity contribution in [1.29, 1.82) is 0 Å². The molecule has 0 bridgehead atoms. The number of alkyl halides is 3. The van der Waals surface area contributed by atoms with E-state index in [0.29, 0.717) is 35.2 Å². The molecule has 4 rings (SSSR count). The molecule has 0 unspecified atom stereocenters. The molecule has 0 saturated carbocycles. The number of halogens is 4. The van der Waals surface area contributed by atoms with E-state index >= 15 is 0 Å². The predicted molar refractivity (Wildman–Crippen MR) is 120 cm³/mol. The third kappa shape index (κ3) is 5.52. The Balaban J connectivity index is 1.32. The summed E-state index contributed by atoms with van der Waals surface area (Å²) in [4.78, 5) is 19.6. The molecular weight excluding hydrogens is 457 g/mol. The number of carbonyl (C=O) groups is 1. The molecule has 3 heterocycles. The zero-order valence-corrected chi connectivity index (χ0v) is 18.8. The lowest BCUT2D eigenvalue weighted by Gasteiger charge is -2.33. The van der Waals surface area contributed by atoms with Crippen molar-refractivity contribution in [2.24, 2.45) is 5.92 Å². The fourth-order valence-electron chi connectivity index (χ4n) is 4.13. The minimum Gasteiger partial charge on any atom is -0.406 e. The molecule has 10 heteroatoms. The van der Waals surface area contributed by atoms with E-state index in [0.717, 1.165) is 37.3 Å². The number of nitrogens with zero attached hydrogens (tertiary/aromatic N) is 3. The van der Waals surface area contributed by atoms with Crippen molar-refractivity contribution in [2.75, 3.05) is 24.5 Å². The molecule has 3 aromatic rings. The molecule has 1 amide bonds. The van der Waals surface area contributed by atoms with Crippen LogP contribution in [0, 0.1) is 5.92 Å². The van der Waals surface area contributed by atoms with E-state index in [1.54, 1.807) is 34.9 Å². The number of fused-ring (bicyclic) bond motifs is 1. The molecule has 0 atom stereocenters. The summed E-state index contributed by atoms with van der Waals surface area (Å²) in [5.74, 6) is -0.0980. The summed E-state index contributed by atoms with van der Waals surface area (Å²) in [5.41, 5.74) is 2.76. The van der Waals surface area contributed by atoms with Crippen molar-refractivity contribution in [3.8, 4) is 5.75 Å². The van der Waals surface area contributed by atoms with Crippen LogP contribution in [-0.4, -0.2) is 41.3 Å². The Morgan fingerprint density at radius 3 is 2.52 bits per heavy atom. The number of imidazole rings is 1. The molecule has 0 spiro atoms. The second-order valence-corrected chi connectivity index (χ2v) is 8.45. The number of aryl methyl sites for hydroxylation is 1. The number of carbonyl (C=O) groups excluding carboxylic acids is 1. The van der Waals surface area contributed by atoms with Gasteiger partial charge in [0.15, 0.2) is 0 Å². The number of pyridine rings is 1. The van der Waals surface area contributed by atoms with Gasteiger partial charge in [-0.15, -0.1) is 13.2 Å². The van der Waals surface area contributed by atoms with E-state index in [4.69, 9.17) is 11.6 Å². The monoisotopic (exact) mass is 480 g/mol. The van der Waals surface area contributed by atoms with Crippen LogP contribution in [0.15, 0.2) is 42.6 Å². The summed E-state index contributed by atoms with van der Waals surface area (Å²) in [6.45, 7) is 4.01. The zero-order chi connectivity index (χ0) is 23.6. The Bertz CT molecular complexity index is 1120. The van der Waals surface area contributed by atoms with Gasteiger partial charge in [0.1, 0.15) is 17.1 Å². The van der Waals surface area contributed by atoms with Gasteiger partial charge in [-0.05, 0) is 61.6 Å². The van der Waals surface area contributed by atoms with Gasteiger partial charge in [0.2, 0.25) is 0 Å². The highest BCUT2D eigenvalue weighted by atomic mass is 35.5. The van der Waals surface area contributed by atoms with Crippen molar-refractivity contribution in [3.05, 3.63) is 59.0 Å². The summed E-state index contributed by atoms with van der Waals surface area (Å²) in [7, 11) is 0. The van der Waals surface area contributed by atoms with Gasteiger partial charge in [-0.1, -0.05) is 18.5 Å². The number of anilines is 1. The van der Waals surface area contributed by atoms with E-state index in [2.05, 4.69) is 19.9 Å². The second kappa shape index (κ2) is 9.51. The highest BCUT2D eigenvalue weighted by Crippen LogP contribution is 2.28. The zero-order valence-electron chi connectivity index (χ0n) is 18.0. The first-order valence-electron chi connectivity index (χ1n) is 10.8. The Labute approximate surface area is 194 Å². The molecule has 1 aromatic carbocycles. The van der Waals surface area contributed by atoms with Crippen LogP contribution >= 0.6 is 11.6 Å². The summed E-state index contributed by atoms with van der Waals surface area (Å²) in [6.07, 6.45) is -0.645. The number of rotatable bonds is 6. The first-order chi connectivity index (χ1) is 15.7. The van der Waals surface area contributed by atoms with E-state index in [1.807, 2.05) is 6.92 Å². The maximum Gasteiger partial charge on any atom is 0.573 e. The molecule has 1 fully saturated rings. The molecule has 1 aliphatic heterocycles. The first kappa shape index (κ1) is 23.2. The maximum absolute atomic E-state index is 13.0. The standard InChI is InChI=1S/C23H24ClF3N4O2/c1-2-19-21(31-14-16(24)3-8-20(31)29-19)22(32)28-13-15-9-11-30(12-10-15)17-4-6-18(7-5-17)33-23(25,26)27/h3-8,14-15H,2,9-13H2,1H3,(H,28,32). The van der Waals surface area contributed by atoms with Gasteiger partial charge in [0, 0.05) is 31.5 Å². The number of benzene rings is 1. The summed E-state index contributed by atoms with van der Waals surface area (Å²) in [5, 5.41) is 3.57. The van der Waals surface area contributed by atoms with Crippen molar-refractivity contribution in [3.63, 3.8) is 0 Å². The lowest BCUT2D eigenvalue weighted by Crippen LogP contribution is -2.39. The normalized spacial score (nSPS) is 15.1. The Morgan fingerprint density at radius 1 is 1.18 bits per heavy atom. The number of piperidine rings is 1. The van der Waals surface area contributed by atoms with Crippen LogP contribution < -0.4 is 15.0 Å². The van der Waals surface area contributed by atoms with Crippen LogP contribution in [0.1, 0.15) is 35.9 Å². The second-order valence-electron chi connectivity index (χ2n) is 8.02. The average Bonchev–Trinajstić information content (AvgIpc) is 3.15. The fourth-order valence-corrected chi connectivity index (χ4v) is 4.29. The quantitative estimate of drug-likeness (QED) is 0.533. The number of hydrogen-bond acceptors (Lipinski definition) is 4. The van der Waals surface area contributed by atoms with Crippen LogP contribution in [0.4, 0.5) is 18.9 Å². The summed E-state index contributed by atoms with van der Waals surface area (Å²) < 4.78 is 42.6. The van der Waals surface area contributed by atoms with E-state index in [1.165, 1.54) is 12.1 Å². The molecule has 33 heavy (non-hydrogen) atoms. The van der Waals surface area contributed by atoms with Gasteiger partial charge in [-0.3, -0.25) is 9.20 Å². The van der Waals surface area contributed by atoms with Gasteiger partial charge in [-0.2, -0.15) is 0 Å². The molecule has 1 saturated heterocycles. The topological polar surface area (TPSA) is 58.9 Å². The minimum atomic E-state index is -4.70. The van der Waals surface area contributed by atoms with Crippen LogP contribution in [-0.2, 0) is 6.42 Å². The van der Waals surface area contributed by atoms with Gasteiger partial charge in [0.05, 0.1) is 10.7 Å². The third-order valence-electron chi connectivity index (χ3n) is 5.81. The number of aromatic nitrogens is 2. The summed E-state index contributed by atoms with van der Waals surface area (Å²) in [6, 6.07) is 9.44. The van der Waals surface area contributed by atoms with E-state index in [9.17, 15) is 18.0 Å². The molecule has 1 aliphatic rings. The average molecular weight is 481 g/mol. The van der Waals surface area contributed by atoms with Crippen molar-refractivity contribution < 1.29 is 22.7 Å². The predicted octanol–water partition coefficient (Wildman–Crippen LogP) is 5.10. The summed E-state index contributed by atoms with van der Waals surface area (Å²) >= 11 is 6.11. The number of nitrogens with one attached hydrogen (secondary N) is 1. The smallest absolute Gasteiger partial charge is 0.406 e. The SMILES string of the molecule is CCc1nc2ccc(Cl)cn2c1C(=O)NCC1CCN(c2ccc(OC(F)(F)F)cc2)CC1. The van der Waals surface area contributed by atoms with Crippen LogP contribution in [0.5, 0.6) is 5.75 Å². The van der Waals surface area contributed by atoms with E-state index < -0.39 is 6.36 Å². The molecule has 176 valence electrons. The largest absolute Gasteiger partial charge is 0.573 e. The van der Waals surface area contributed by atoms with Gasteiger partial charge in [-0.25, -0.2) is 4.98 Å². The molecule has 0 aliphatic carbocycles. The fraction of sp³-hybridized carbons (Fsp3) is 0.391. The molecule has 0 radical (unpaired) electrons. The third-order valence-corrected chi connectivity index (χ3v) is 6.03. The number of ether oxygens (including phenoxy) is 1. The number of amides is 1. The van der Waals surface area contributed by atoms with Crippen LogP contribution in [0.25, 0.3) is 5.65 Å². The molecule has 6 nitrogen and oxygen atoms in total. The Hall–Kier alpha value is -2.94. The number of hydrogen-bond donors (Lipinski definition) is 1. The highest BCUT2D eigenvalue weighted by Gasteiger charge is 2.31.